The molecule has 1 aliphatic heterocycles. The van der Waals surface area contributed by atoms with Crippen LogP contribution in [-0.4, -0.2) is 36.9 Å². The number of hydrogen-bond donors (Lipinski definition) is 2. The highest BCUT2D eigenvalue weighted by atomic mass is 16.5. The first-order valence-electron chi connectivity index (χ1n) is 5.98. The fourth-order valence-corrected chi connectivity index (χ4v) is 2.38. The first kappa shape index (κ1) is 12.7. The number of likely N-dealkylation sites (N-methyl/N-ethyl adjacent to an activating group) is 1. The predicted molar refractivity (Wildman–Crippen MR) is 70.0 cm³/mol. The summed E-state index contributed by atoms with van der Waals surface area (Å²) >= 11 is 0. The summed E-state index contributed by atoms with van der Waals surface area (Å²) in [6.45, 7) is 2.81. The number of nitrogens with two attached hydrogens (primary N) is 1. The number of nitrogens with zero attached hydrogens (tertiary/aromatic N) is 1. The van der Waals surface area contributed by atoms with Crippen molar-refractivity contribution >= 4 is 17.3 Å². The average Bonchev–Trinajstić information content (AvgIpc) is 2.74. The predicted octanol–water partition coefficient (Wildman–Crippen LogP) is 1.58. The second-order valence-corrected chi connectivity index (χ2v) is 4.62. The number of nitrogen functional groups attached to an aromatic ring is 1. The van der Waals surface area contributed by atoms with E-state index in [9.17, 15) is 4.79 Å². The van der Waals surface area contributed by atoms with E-state index in [4.69, 9.17) is 15.6 Å². The number of aromatic carboxylic acids is 1. The second kappa shape index (κ2) is 4.86. The topological polar surface area (TPSA) is 75.8 Å². The molecule has 1 aliphatic rings. The highest BCUT2D eigenvalue weighted by molar-refractivity contribution is 5.94. The molecule has 98 valence electrons. The van der Waals surface area contributed by atoms with E-state index in [1.165, 1.54) is 0 Å². The van der Waals surface area contributed by atoms with Gasteiger partial charge in [-0.1, -0.05) is 0 Å². The molecule has 2 atom stereocenters. The van der Waals surface area contributed by atoms with E-state index in [0.717, 1.165) is 18.7 Å². The summed E-state index contributed by atoms with van der Waals surface area (Å²) in [5, 5.41) is 8.94. The Balaban J connectivity index is 2.23. The van der Waals surface area contributed by atoms with Gasteiger partial charge in [0.05, 0.1) is 17.7 Å². The van der Waals surface area contributed by atoms with Crippen molar-refractivity contribution in [2.75, 3.05) is 24.3 Å². The molecule has 1 heterocycles. The van der Waals surface area contributed by atoms with Gasteiger partial charge in [-0.2, -0.15) is 0 Å². The molecule has 3 N–H and O–H groups in total. The Morgan fingerprint density at radius 3 is 2.78 bits per heavy atom. The lowest BCUT2D eigenvalue weighted by Gasteiger charge is -2.29. The Bertz CT molecular complexity index is 462. The molecule has 0 aromatic heterocycles. The molecule has 18 heavy (non-hydrogen) atoms. The van der Waals surface area contributed by atoms with Crippen LogP contribution in [0.3, 0.4) is 0 Å². The van der Waals surface area contributed by atoms with E-state index in [1.807, 2.05) is 14.0 Å². The maximum absolute atomic E-state index is 10.9. The molecule has 0 spiro atoms. The van der Waals surface area contributed by atoms with Gasteiger partial charge in [0.25, 0.3) is 0 Å². The summed E-state index contributed by atoms with van der Waals surface area (Å²) in [5.41, 5.74) is 7.10. The van der Waals surface area contributed by atoms with Crippen molar-refractivity contribution in [3.05, 3.63) is 23.8 Å². The van der Waals surface area contributed by atoms with E-state index in [2.05, 4.69) is 4.90 Å². The van der Waals surface area contributed by atoms with Crippen LogP contribution in [0, 0.1) is 0 Å². The number of rotatable bonds is 3. The minimum atomic E-state index is -1.00. The van der Waals surface area contributed by atoms with Crippen LogP contribution < -0.4 is 10.6 Å². The summed E-state index contributed by atoms with van der Waals surface area (Å²) in [6.07, 6.45) is 1.15. The molecule has 0 saturated carbocycles. The van der Waals surface area contributed by atoms with Crippen molar-refractivity contribution in [2.45, 2.75) is 25.5 Å². The summed E-state index contributed by atoms with van der Waals surface area (Å²) in [4.78, 5) is 13.0. The highest BCUT2D eigenvalue weighted by Gasteiger charge is 2.28. The van der Waals surface area contributed by atoms with Crippen molar-refractivity contribution < 1.29 is 14.6 Å². The van der Waals surface area contributed by atoms with Gasteiger partial charge < -0.3 is 20.5 Å². The van der Waals surface area contributed by atoms with Crippen molar-refractivity contribution in [3.8, 4) is 0 Å². The number of carboxylic acids is 1. The summed E-state index contributed by atoms with van der Waals surface area (Å²) in [7, 11) is 1.98. The van der Waals surface area contributed by atoms with Crippen molar-refractivity contribution in [1.82, 2.24) is 0 Å². The Hall–Kier alpha value is -1.75. The first-order chi connectivity index (χ1) is 8.50. The van der Waals surface area contributed by atoms with Gasteiger partial charge in [-0.25, -0.2) is 4.79 Å². The van der Waals surface area contributed by atoms with Crippen LogP contribution >= 0.6 is 0 Å². The zero-order chi connectivity index (χ0) is 13.3. The van der Waals surface area contributed by atoms with Crippen molar-refractivity contribution in [1.29, 1.82) is 0 Å². The Kier molecular flexibility index (Phi) is 3.43. The van der Waals surface area contributed by atoms with E-state index in [1.54, 1.807) is 18.2 Å². The third-order valence-corrected chi connectivity index (χ3v) is 3.51. The number of hydrogen-bond acceptors (Lipinski definition) is 4. The molecule has 0 bridgehead atoms. The number of carbonyl (C=O) groups is 1. The molecule has 5 nitrogen and oxygen atoms in total. The van der Waals surface area contributed by atoms with E-state index in [0.29, 0.717) is 11.7 Å². The molecule has 1 aromatic rings. The zero-order valence-corrected chi connectivity index (χ0v) is 10.6. The van der Waals surface area contributed by atoms with Crippen LogP contribution in [0.1, 0.15) is 23.7 Å². The second-order valence-electron chi connectivity index (χ2n) is 4.62. The lowest BCUT2D eigenvalue weighted by molar-refractivity contribution is 0.0698. The number of carboxylic acid groups (broad SMARTS) is 1. The van der Waals surface area contributed by atoms with Gasteiger partial charge in [-0.15, -0.1) is 0 Å². The number of ether oxygens (including phenoxy) is 1. The zero-order valence-electron chi connectivity index (χ0n) is 10.6. The lowest BCUT2D eigenvalue weighted by Crippen LogP contribution is -2.36. The lowest BCUT2D eigenvalue weighted by atomic mass is 10.1. The summed E-state index contributed by atoms with van der Waals surface area (Å²) in [5.74, 6) is -1.00. The van der Waals surface area contributed by atoms with Crippen molar-refractivity contribution in [3.63, 3.8) is 0 Å². The van der Waals surface area contributed by atoms with Gasteiger partial charge in [0.15, 0.2) is 0 Å². The molecule has 5 heteroatoms. The van der Waals surface area contributed by atoms with Crippen molar-refractivity contribution in [2.24, 2.45) is 0 Å². The van der Waals surface area contributed by atoms with Crippen LogP contribution in [-0.2, 0) is 4.74 Å². The Morgan fingerprint density at radius 1 is 1.56 bits per heavy atom. The largest absolute Gasteiger partial charge is 0.478 e. The molecule has 1 saturated heterocycles. The van der Waals surface area contributed by atoms with Gasteiger partial charge in [-0.05, 0) is 31.5 Å². The SMILES string of the molecule is CC1OCCC1N(C)c1ccc(C(=O)O)c(N)c1. The third-order valence-electron chi connectivity index (χ3n) is 3.51. The summed E-state index contributed by atoms with van der Waals surface area (Å²) < 4.78 is 5.53. The smallest absolute Gasteiger partial charge is 0.337 e. The molecule has 0 aliphatic carbocycles. The third kappa shape index (κ3) is 2.26. The van der Waals surface area contributed by atoms with Crippen LogP contribution in [0.2, 0.25) is 0 Å². The standard InChI is InChI=1S/C13H18N2O3/c1-8-12(5-6-18-8)15(2)9-3-4-10(13(16)17)11(14)7-9/h3-4,7-8,12H,5-6,14H2,1-2H3,(H,16,17). The maximum Gasteiger partial charge on any atom is 0.337 e. The molecule has 1 fully saturated rings. The first-order valence-corrected chi connectivity index (χ1v) is 5.98. The minimum absolute atomic E-state index is 0.142. The van der Waals surface area contributed by atoms with Gasteiger partial charge >= 0.3 is 5.97 Å². The number of anilines is 2. The monoisotopic (exact) mass is 250 g/mol. The Morgan fingerprint density at radius 2 is 2.28 bits per heavy atom. The maximum atomic E-state index is 10.9. The van der Waals surface area contributed by atoms with Gasteiger partial charge in [0, 0.05) is 25.0 Å². The normalized spacial score (nSPS) is 23.0. The number of benzene rings is 1. The van der Waals surface area contributed by atoms with Crippen LogP contribution in [0.5, 0.6) is 0 Å². The minimum Gasteiger partial charge on any atom is -0.478 e. The average molecular weight is 250 g/mol. The molecule has 2 rings (SSSR count). The van der Waals surface area contributed by atoms with Crippen LogP contribution in [0.15, 0.2) is 18.2 Å². The van der Waals surface area contributed by atoms with Crippen LogP contribution in [0.4, 0.5) is 11.4 Å². The fraction of sp³-hybridized carbons (Fsp3) is 0.462. The Labute approximate surface area is 106 Å². The quantitative estimate of drug-likeness (QED) is 0.796. The molecular formula is C13H18N2O3. The highest BCUT2D eigenvalue weighted by Crippen LogP contribution is 2.27. The fourth-order valence-electron chi connectivity index (χ4n) is 2.38. The van der Waals surface area contributed by atoms with Gasteiger partial charge in [-0.3, -0.25) is 0 Å². The van der Waals surface area contributed by atoms with E-state index >= 15 is 0 Å². The van der Waals surface area contributed by atoms with Crippen LogP contribution in [0.25, 0.3) is 0 Å². The van der Waals surface area contributed by atoms with E-state index < -0.39 is 5.97 Å². The molecule has 2 unspecified atom stereocenters. The molecule has 0 amide bonds. The summed E-state index contributed by atoms with van der Waals surface area (Å²) in [6, 6.07) is 5.34. The molecule has 1 aromatic carbocycles. The molecular weight excluding hydrogens is 232 g/mol. The molecule has 0 radical (unpaired) electrons. The van der Waals surface area contributed by atoms with Gasteiger partial charge in [0.1, 0.15) is 0 Å². The van der Waals surface area contributed by atoms with Gasteiger partial charge in [0.2, 0.25) is 0 Å². The van der Waals surface area contributed by atoms with E-state index in [-0.39, 0.29) is 11.7 Å².